The van der Waals surface area contributed by atoms with Crippen molar-refractivity contribution in [2.24, 2.45) is 5.92 Å². The van der Waals surface area contributed by atoms with Crippen LogP contribution in [-0.4, -0.2) is 68.8 Å². The number of nitrogens with zero attached hydrogens (tertiary/aromatic N) is 2. The van der Waals surface area contributed by atoms with E-state index in [1.807, 2.05) is 35.2 Å². The molecule has 1 aliphatic carbocycles. The zero-order chi connectivity index (χ0) is 18.9. The lowest BCUT2D eigenvalue weighted by Crippen LogP contribution is -2.46. The standard InChI is InChI=1S/C22H32N2O3/c1-26-21(20-10-6-3-7-11-20)22(25)24(18-19-8-4-2-5-9-19)13-12-23-14-16-27-17-15-23/h2-4,6-7,10-11,19,21H,5,8-9,12-18H2,1H3/t19-,21-/m1/s1. The largest absolute Gasteiger partial charge is 0.379 e. The second-order valence-electron chi connectivity index (χ2n) is 7.42. The predicted molar refractivity (Wildman–Crippen MR) is 107 cm³/mol. The molecule has 1 heterocycles. The first-order valence-corrected chi connectivity index (χ1v) is 10.1. The minimum atomic E-state index is -0.532. The molecule has 0 aromatic heterocycles. The van der Waals surface area contributed by atoms with Gasteiger partial charge in [-0.2, -0.15) is 0 Å². The van der Waals surface area contributed by atoms with Gasteiger partial charge >= 0.3 is 0 Å². The van der Waals surface area contributed by atoms with E-state index in [1.54, 1.807) is 7.11 Å². The summed E-state index contributed by atoms with van der Waals surface area (Å²) in [4.78, 5) is 17.8. The normalized spacial score (nSPS) is 21.7. The van der Waals surface area contributed by atoms with E-state index >= 15 is 0 Å². The highest BCUT2D eigenvalue weighted by Crippen LogP contribution is 2.23. The van der Waals surface area contributed by atoms with Crippen molar-refractivity contribution in [2.45, 2.75) is 25.4 Å². The molecule has 148 valence electrons. The summed E-state index contributed by atoms with van der Waals surface area (Å²) in [5.74, 6) is 0.614. The van der Waals surface area contributed by atoms with Crippen LogP contribution in [0.4, 0.5) is 0 Å². The molecule has 0 unspecified atom stereocenters. The summed E-state index contributed by atoms with van der Waals surface area (Å²) in [6.07, 6.45) is 7.30. The maximum absolute atomic E-state index is 13.4. The fourth-order valence-corrected chi connectivity index (χ4v) is 3.89. The number of carbonyl (C=O) groups is 1. The zero-order valence-corrected chi connectivity index (χ0v) is 16.4. The zero-order valence-electron chi connectivity index (χ0n) is 16.4. The number of allylic oxidation sites excluding steroid dienone is 2. The van der Waals surface area contributed by atoms with Crippen molar-refractivity contribution in [3.63, 3.8) is 0 Å². The SMILES string of the molecule is CO[C@@H](C(=O)N(CCN1CCOCC1)C[C@@H]1CC=CCC1)c1ccccc1. The van der Waals surface area contributed by atoms with Crippen LogP contribution in [-0.2, 0) is 14.3 Å². The summed E-state index contributed by atoms with van der Waals surface area (Å²) < 4.78 is 11.1. The van der Waals surface area contributed by atoms with E-state index in [-0.39, 0.29) is 5.91 Å². The Morgan fingerprint density at radius 3 is 2.70 bits per heavy atom. The van der Waals surface area contributed by atoms with Crippen LogP contribution in [0.25, 0.3) is 0 Å². The quantitative estimate of drug-likeness (QED) is 0.658. The van der Waals surface area contributed by atoms with Crippen molar-refractivity contribution in [1.29, 1.82) is 0 Å². The van der Waals surface area contributed by atoms with E-state index in [2.05, 4.69) is 17.1 Å². The molecular weight excluding hydrogens is 340 g/mol. The van der Waals surface area contributed by atoms with Gasteiger partial charge in [-0.05, 0) is 30.7 Å². The van der Waals surface area contributed by atoms with Crippen LogP contribution in [0.2, 0.25) is 0 Å². The third-order valence-electron chi connectivity index (χ3n) is 5.52. The maximum Gasteiger partial charge on any atom is 0.256 e. The molecule has 0 bridgehead atoms. The van der Waals surface area contributed by atoms with Gasteiger partial charge in [-0.15, -0.1) is 0 Å². The smallest absolute Gasteiger partial charge is 0.256 e. The maximum atomic E-state index is 13.4. The van der Waals surface area contributed by atoms with Gasteiger partial charge in [-0.3, -0.25) is 9.69 Å². The summed E-state index contributed by atoms with van der Waals surface area (Å²) in [5.41, 5.74) is 0.921. The second-order valence-corrected chi connectivity index (χ2v) is 7.42. The van der Waals surface area contributed by atoms with Crippen molar-refractivity contribution >= 4 is 5.91 Å². The van der Waals surface area contributed by atoms with E-state index in [9.17, 15) is 4.79 Å². The van der Waals surface area contributed by atoms with Crippen LogP contribution >= 0.6 is 0 Å². The first kappa shape index (κ1) is 20.1. The third-order valence-corrected chi connectivity index (χ3v) is 5.52. The van der Waals surface area contributed by atoms with Crippen molar-refractivity contribution in [3.8, 4) is 0 Å². The van der Waals surface area contributed by atoms with Crippen molar-refractivity contribution < 1.29 is 14.3 Å². The Labute approximate surface area is 162 Å². The molecular formula is C22H32N2O3. The number of hydrogen-bond acceptors (Lipinski definition) is 4. The number of carbonyl (C=O) groups excluding carboxylic acids is 1. The van der Waals surface area contributed by atoms with Crippen LogP contribution in [0.3, 0.4) is 0 Å². The fourth-order valence-electron chi connectivity index (χ4n) is 3.89. The topological polar surface area (TPSA) is 42.0 Å². The molecule has 2 atom stereocenters. The molecule has 5 heteroatoms. The molecule has 1 saturated heterocycles. The summed E-state index contributed by atoms with van der Waals surface area (Å²) in [6.45, 7) is 5.90. The predicted octanol–water partition coefficient (Wildman–Crippen LogP) is 2.89. The fraction of sp³-hybridized carbons (Fsp3) is 0.591. The monoisotopic (exact) mass is 372 g/mol. The van der Waals surface area contributed by atoms with E-state index in [4.69, 9.17) is 9.47 Å². The van der Waals surface area contributed by atoms with Gasteiger partial charge in [0.2, 0.25) is 0 Å². The number of amides is 1. The van der Waals surface area contributed by atoms with Gasteiger partial charge in [-0.1, -0.05) is 42.5 Å². The molecule has 1 fully saturated rings. The Morgan fingerprint density at radius 1 is 1.26 bits per heavy atom. The number of morpholine rings is 1. The lowest BCUT2D eigenvalue weighted by Gasteiger charge is -2.34. The Kier molecular flexibility index (Phi) is 7.87. The molecule has 0 radical (unpaired) electrons. The number of methoxy groups -OCH3 is 1. The molecule has 27 heavy (non-hydrogen) atoms. The van der Waals surface area contributed by atoms with Gasteiger partial charge < -0.3 is 14.4 Å². The Balaban J connectivity index is 1.68. The summed E-state index contributed by atoms with van der Waals surface area (Å²) in [6, 6.07) is 9.81. The van der Waals surface area contributed by atoms with Crippen LogP contribution in [0.15, 0.2) is 42.5 Å². The van der Waals surface area contributed by atoms with Gasteiger partial charge in [-0.25, -0.2) is 0 Å². The Morgan fingerprint density at radius 2 is 2.04 bits per heavy atom. The first-order chi connectivity index (χ1) is 13.3. The van der Waals surface area contributed by atoms with Gasteiger partial charge in [0.25, 0.3) is 5.91 Å². The molecule has 3 rings (SSSR count). The van der Waals surface area contributed by atoms with Gasteiger partial charge in [0.05, 0.1) is 13.2 Å². The third kappa shape index (κ3) is 5.89. The highest BCUT2D eigenvalue weighted by atomic mass is 16.5. The lowest BCUT2D eigenvalue weighted by atomic mass is 9.93. The lowest BCUT2D eigenvalue weighted by molar-refractivity contribution is -0.143. The number of ether oxygens (including phenoxy) is 2. The molecule has 5 nitrogen and oxygen atoms in total. The van der Waals surface area contributed by atoms with E-state index in [0.717, 1.165) is 70.8 Å². The number of benzene rings is 1. The first-order valence-electron chi connectivity index (χ1n) is 10.1. The van der Waals surface area contributed by atoms with Crippen molar-refractivity contribution in [2.75, 3.05) is 53.0 Å². The highest BCUT2D eigenvalue weighted by Gasteiger charge is 2.28. The minimum absolute atomic E-state index is 0.0755. The molecule has 1 amide bonds. The number of hydrogen-bond donors (Lipinski definition) is 0. The van der Waals surface area contributed by atoms with Crippen LogP contribution in [0.5, 0.6) is 0 Å². The van der Waals surface area contributed by atoms with Gasteiger partial charge in [0.1, 0.15) is 0 Å². The van der Waals surface area contributed by atoms with E-state index in [0.29, 0.717) is 5.92 Å². The highest BCUT2D eigenvalue weighted by molar-refractivity contribution is 5.82. The molecule has 0 saturated carbocycles. The number of rotatable bonds is 8. The second kappa shape index (κ2) is 10.6. The average Bonchev–Trinajstić information content (AvgIpc) is 2.74. The molecule has 0 N–H and O–H groups in total. The van der Waals surface area contributed by atoms with Crippen molar-refractivity contribution in [1.82, 2.24) is 9.80 Å². The Hall–Kier alpha value is -1.69. The summed E-state index contributed by atoms with van der Waals surface area (Å²) in [7, 11) is 1.62. The van der Waals surface area contributed by atoms with Crippen molar-refractivity contribution in [3.05, 3.63) is 48.0 Å². The average molecular weight is 373 g/mol. The molecule has 1 aliphatic heterocycles. The van der Waals surface area contributed by atoms with Crippen LogP contribution < -0.4 is 0 Å². The minimum Gasteiger partial charge on any atom is -0.379 e. The molecule has 2 aliphatic rings. The molecule has 1 aromatic rings. The Bertz CT molecular complexity index is 599. The summed E-state index contributed by atoms with van der Waals surface area (Å²) in [5, 5.41) is 0. The molecule has 1 aromatic carbocycles. The van der Waals surface area contributed by atoms with E-state index < -0.39 is 6.10 Å². The van der Waals surface area contributed by atoms with Crippen LogP contribution in [0.1, 0.15) is 30.9 Å². The van der Waals surface area contributed by atoms with E-state index in [1.165, 1.54) is 0 Å². The summed E-state index contributed by atoms with van der Waals surface area (Å²) >= 11 is 0. The van der Waals surface area contributed by atoms with Crippen LogP contribution in [0, 0.1) is 5.92 Å². The molecule has 0 spiro atoms. The van der Waals surface area contributed by atoms with Gasteiger partial charge in [0.15, 0.2) is 6.10 Å². The van der Waals surface area contributed by atoms with Gasteiger partial charge in [0, 0.05) is 39.8 Å².